The molecule has 0 amide bonds. The Balaban J connectivity index is 2.60. The van der Waals surface area contributed by atoms with E-state index in [1.54, 1.807) is 23.6 Å². The predicted octanol–water partition coefficient (Wildman–Crippen LogP) is 2.74. The summed E-state index contributed by atoms with van der Waals surface area (Å²) in [6, 6.07) is 1.57. The van der Waals surface area contributed by atoms with E-state index in [1.807, 2.05) is 0 Å². The standard InChI is InChI=1S/C10H10O3S2/c1-7(11)14-5-2-3-9-8(10(12)13)4-6-15-9/h2-4,6H,5H2,1H3,(H,12,13). The third-order valence-electron chi connectivity index (χ3n) is 1.58. The van der Waals surface area contributed by atoms with Gasteiger partial charge in [0.15, 0.2) is 5.12 Å². The molecule has 0 saturated heterocycles. The molecule has 3 nitrogen and oxygen atoms in total. The average Bonchev–Trinajstić information content (AvgIpc) is 2.60. The monoisotopic (exact) mass is 242 g/mol. The van der Waals surface area contributed by atoms with E-state index in [0.717, 1.165) is 0 Å². The van der Waals surface area contributed by atoms with Gasteiger partial charge in [-0.05, 0) is 17.5 Å². The lowest BCUT2D eigenvalue weighted by Crippen LogP contribution is -1.94. The molecular formula is C10H10O3S2. The van der Waals surface area contributed by atoms with Crippen LogP contribution in [0, 0.1) is 0 Å². The Kier molecular flexibility index (Phi) is 4.58. The van der Waals surface area contributed by atoms with Crippen molar-refractivity contribution in [2.75, 3.05) is 5.75 Å². The van der Waals surface area contributed by atoms with Crippen LogP contribution in [0.2, 0.25) is 0 Å². The third-order valence-corrected chi connectivity index (χ3v) is 3.23. The lowest BCUT2D eigenvalue weighted by atomic mass is 10.2. The SMILES string of the molecule is CC(=O)SCC=Cc1sccc1C(=O)O. The Morgan fingerprint density at radius 1 is 1.60 bits per heavy atom. The highest BCUT2D eigenvalue weighted by molar-refractivity contribution is 8.13. The van der Waals surface area contributed by atoms with Crippen molar-refractivity contribution in [1.29, 1.82) is 0 Å². The summed E-state index contributed by atoms with van der Waals surface area (Å²) in [5, 5.41) is 10.6. The molecule has 0 aromatic carbocycles. The normalized spacial score (nSPS) is 10.7. The van der Waals surface area contributed by atoms with E-state index in [-0.39, 0.29) is 5.12 Å². The zero-order chi connectivity index (χ0) is 11.3. The topological polar surface area (TPSA) is 54.4 Å². The van der Waals surface area contributed by atoms with Crippen molar-refractivity contribution < 1.29 is 14.7 Å². The minimum Gasteiger partial charge on any atom is -0.478 e. The van der Waals surface area contributed by atoms with Gasteiger partial charge in [0, 0.05) is 17.6 Å². The predicted molar refractivity (Wildman–Crippen MR) is 63.5 cm³/mol. The zero-order valence-corrected chi connectivity index (χ0v) is 9.73. The van der Waals surface area contributed by atoms with Gasteiger partial charge < -0.3 is 5.11 Å². The smallest absolute Gasteiger partial charge is 0.337 e. The van der Waals surface area contributed by atoms with Crippen molar-refractivity contribution >= 4 is 40.3 Å². The molecule has 1 heterocycles. The summed E-state index contributed by atoms with van der Waals surface area (Å²) < 4.78 is 0. The zero-order valence-electron chi connectivity index (χ0n) is 8.10. The van der Waals surface area contributed by atoms with Crippen molar-refractivity contribution in [3.63, 3.8) is 0 Å². The molecule has 15 heavy (non-hydrogen) atoms. The summed E-state index contributed by atoms with van der Waals surface area (Å²) in [4.78, 5) is 22.1. The molecule has 0 aliphatic heterocycles. The number of rotatable bonds is 4. The van der Waals surface area contributed by atoms with Gasteiger partial charge in [0.2, 0.25) is 0 Å². The summed E-state index contributed by atoms with van der Waals surface area (Å²) in [6.07, 6.45) is 3.54. The van der Waals surface area contributed by atoms with Crippen LogP contribution in [0.5, 0.6) is 0 Å². The highest BCUT2D eigenvalue weighted by Crippen LogP contribution is 2.18. The third kappa shape index (κ3) is 3.89. The van der Waals surface area contributed by atoms with E-state index < -0.39 is 5.97 Å². The number of aromatic carboxylic acids is 1. The molecule has 1 rings (SSSR count). The molecule has 0 aliphatic carbocycles. The number of hydrogen-bond donors (Lipinski definition) is 1. The first-order chi connectivity index (χ1) is 7.11. The van der Waals surface area contributed by atoms with Crippen molar-refractivity contribution in [1.82, 2.24) is 0 Å². The van der Waals surface area contributed by atoms with Gasteiger partial charge in [0.1, 0.15) is 0 Å². The van der Waals surface area contributed by atoms with Crippen molar-refractivity contribution in [2.24, 2.45) is 0 Å². The summed E-state index contributed by atoms with van der Waals surface area (Å²) in [6.45, 7) is 1.51. The maximum absolute atomic E-state index is 10.7. The Hall–Kier alpha value is -1.07. The van der Waals surface area contributed by atoms with Crippen molar-refractivity contribution in [2.45, 2.75) is 6.92 Å². The number of carboxylic acid groups (broad SMARTS) is 1. The van der Waals surface area contributed by atoms with Crippen LogP contribution in [0.25, 0.3) is 6.08 Å². The fraction of sp³-hybridized carbons (Fsp3) is 0.200. The molecule has 1 N–H and O–H groups in total. The van der Waals surface area contributed by atoms with Crippen LogP contribution >= 0.6 is 23.1 Å². The van der Waals surface area contributed by atoms with E-state index in [0.29, 0.717) is 16.2 Å². The number of carboxylic acids is 1. The maximum atomic E-state index is 10.7. The maximum Gasteiger partial charge on any atom is 0.337 e. The molecule has 0 unspecified atom stereocenters. The fourth-order valence-corrected chi connectivity index (χ4v) is 2.18. The van der Waals surface area contributed by atoms with E-state index in [4.69, 9.17) is 5.11 Å². The molecule has 5 heteroatoms. The summed E-state index contributed by atoms with van der Waals surface area (Å²) >= 11 is 2.57. The van der Waals surface area contributed by atoms with Crippen LogP contribution in [0.4, 0.5) is 0 Å². The van der Waals surface area contributed by atoms with Crippen LogP contribution in [0.15, 0.2) is 17.5 Å². The van der Waals surface area contributed by atoms with Gasteiger partial charge in [0.25, 0.3) is 0 Å². The van der Waals surface area contributed by atoms with Crippen LogP contribution in [-0.2, 0) is 4.79 Å². The second-order valence-corrected chi connectivity index (χ2v) is 4.85. The Labute approximate surface area is 95.8 Å². The number of carbonyl (C=O) groups excluding carboxylic acids is 1. The van der Waals surface area contributed by atoms with Crippen LogP contribution < -0.4 is 0 Å². The van der Waals surface area contributed by atoms with Gasteiger partial charge in [-0.3, -0.25) is 4.79 Å². The van der Waals surface area contributed by atoms with Crippen LogP contribution in [0.3, 0.4) is 0 Å². The number of thiophene rings is 1. The van der Waals surface area contributed by atoms with Gasteiger partial charge >= 0.3 is 5.97 Å². The molecule has 0 fully saturated rings. The Bertz CT molecular complexity index is 393. The first kappa shape index (κ1) is 12.0. The Morgan fingerprint density at radius 2 is 2.33 bits per heavy atom. The summed E-state index contributed by atoms with van der Waals surface area (Å²) in [7, 11) is 0. The molecule has 0 spiro atoms. The number of thioether (sulfide) groups is 1. The Morgan fingerprint density at radius 3 is 2.93 bits per heavy atom. The van der Waals surface area contributed by atoms with E-state index in [9.17, 15) is 9.59 Å². The summed E-state index contributed by atoms with van der Waals surface area (Å²) in [5.41, 5.74) is 0.309. The highest BCUT2D eigenvalue weighted by Gasteiger charge is 2.07. The first-order valence-electron chi connectivity index (χ1n) is 4.22. The van der Waals surface area contributed by atoms with Gasteiger partial charge in [0.05, 0.1) is 5.56 Å². The largest absolute Gasteiger partial charge is 0.478 e. The van der Waals surface area contributed by atoms with Gasteiger partial charge in [-0.2, -0.15) is 0 Å². The quantitative estimate of drug-likeness (QED) is 0.882. The highest BCUT2D eigenvalue weighted by atomic mass is 32.2. The molecular weight excluding hydrogens is 232 g/mol. The minimum absolute atomic E-state index is 0.0595. The molecule has 0 atom stereocenters. The van der Waals surface area contributed by atoms with E-state index in [1.165, 1.54) is 30.0 Å². The van der Waals surface area contributed by atoms with Gasteiger partial charge in [-0.15, -0.1) is 11.3 Å². The molecule has 1 aromatic heterocycles. The van der Waals surface area contributed by atoms with Crippen LogP contribution in [-0.4, -0.2) is 21.9 Å². The molecule has 0 radical (unpaired) electrons. The second kappa shape index (κ2) is 5.72. The second-order valence-electron chi connectivity index (χ2n) is 2.71. The molecule has 1 aromatic rings. The summed E-state index contributed by atoms with van der Waals surface area (Å²) in [5.74, 6) is -0.345. The van der Waals surface area contributed by atoms with Crippen molar-refractivity contribution in [3.05, 3.63) is 28.0 Å². The van der Waals surface area contributed by atoms with E-state index >= 15 is 0 Å². The van der Waals surface area contributed by atoms with E-state index in [2.05, 4.69) is 0 Å². The minimum atomic E-state index is -0.921. The number of hydrogen-bond acceptors (Lipinski definition) is 4. The average molecular weight is 242 g/mol. The molecule has 0 aliphatic rings. The molecule has 0 saturated carbocycles. The lowest BCUT2D eigenvalue weighted by molar-refractivity contribution is -0.109. The van der Waals surface area contributed by atoms with Crippen LogP contribution in [0.1, 0.15) is 22.2 Å². The number of carbonyl (C=O) groups is 2. The fourth-order valence-electron chi connectivity index (χ4n) is 0.947. The molecule has 0 bridgehead atoms. The lowest BCUT2D eigenvalue weighted by Gasteiger charge is -1.92. The molecule has 80 valence electrons. The van der Waals surface area contributed by atoms with Crippen molar-refractivity contribution in [3.8, 4) is 0 Å². The first-order valence-corrected chi connectivity index (χ1v) is 6.08. The van der Waals surface area contributed by atoms with Gasteiger partial charge in [-0.1, -0.05) is 17.8 Å². The van der Waals surface area contributed by atoms with Gasteiger partial charge in [-0.25, -0.2) is 4.79 Å².